The Morgan fingerprint density at radius 3 is 2.03 bits per heavy atom. The van der Waals surface area contributed by atoms with Gasteiger partial charge in [-0.1, -0.05) is 18.9 Å². The fraction of sp³-hybridized carbons (Fsp3) is 0.556. The summed E-state index contributed by atoms with van der Waals surface area (Å²) in [4.78, 5) is 0.102. The van der Waals surface area contributed by atoms with Gasteiger partial charge >= 0.3 is 0 Å². The van der Waals surface area contributed by atoms with Crippen molar-refractivity contribution in [3.63, 3.8) is 0 Å². The van der Waals surface area contributed by atoms with Gasteiger partial charge in [0, 0.05) is 38.3 Å². The maximum atomic E-state index is 13.9. The van der Waals surface area contributed by atoms with Gasteiger partial charge in [0.1, 0.15) is 0 Å². The molecule has 2 aromatic carbocycles. The molecule has 216 valence electrons. The van der Waals surface area contributed by atoms with Crippen LogP contribution in [-0.4, -0.2) is 79.1 Å². The molecule has 2 aliphatic rings. The molecular weight excluding hydrogens is 544 g/mol. The second-order valence-electron chi connectivity index (χ2n) is 9.72. The first kappa shape index (κ1) is 29.6. The van der Waals surface area contributed by atoms with E-state index in [1.54, 1.807) is 12.1 Å². The van der Waals surface area contributed by atoms with E-state index >= 15 is 0 Å². The molecule has 0 bridgehead atoms. The van der Waals surface area contributed by atoms with Gasteiger partial charge < -0.3 is 18.9 Å². The Labute approximate surface area is 231 Å². The summed E-state index contributed by atoms with van der Waals surface area (Å²) in [6.45, 7) is 1.68. The van der Waals surface area contributed by atoms with Crippen molar-refractivity contribution < 1.29 is 35.8 Å². The zero-order chi connectivity index (χ0) is 28.0. The van der Waals surface area contributed by atoms with Crippen molar-refractivity contribution in [2.45, 2.75) is 61.0 Å². The molecule has 12 heteroatoms. The van der Waals surface area contributed by atoms with E-state index in [9.17, 15) is 16.8 Å². The van der Waals surface area contributed by atoms with Crippen LogP contribution in [0.3, 0.4) is 0 Å². The number of benzene rings is 2. The molecule has 0 spiro atoms. The molecule has 0 aromatic heterocycles. The molecule has 0 aliphatic carbocycles. The smallest absolute Gasteiger partial charge is 0.243 e. The lowest BCUT2D eigenvalue weighted by molar-refractivity contribution is 0.0924. The molecule has 0 amide bonds. The van der Waals surface area contributed by atoms with Crippen LogP contribution in [0.15, 0.2) is 46.2 Å². The first-order chi connectivity index (χ1) is 18.7. The van der Waals surface area contributed by atoms with Crippen LogP contribution in [0.5, 0.6) is 17.2 Å². The summed E-state index contributed by atoms with van der Waals surface area (Å²) in [5, 5.41) is 0. The standard InChI is InChI=1S/C27H38N2O8S2/c1-34-25-15-10-21(26(35-2)27(25)36-3)19-29(20-22-9-8-18-37-22)39(32,33)24-13-11-23(12-14-24)38(30,31)28-16-6-4-5-7-17-28/h10-15,22H,4-9,16-20H2,1-3H3/t22-/m1/s1. The summed E-state index contributed by atoms with van der Waals surface area (Å²) in [7, 11) is -3.22. The molecule has 0 saturated carbocycles. The quantitative estimate of drug-likeness (QED) is 0.395. The molecule has 2 aliphatic heterocycles. The van der Waals surface area contributed by atoms with Crippen LogP contribution in [0, 0.1) is 0 Å². The van der Waals surface area contributed by atoms with Gasteiger partial charge in [0.05, 0.1) is 37.2 Å². The average molecular weight is 583 g/mol. The van der Waals surface area contributed by atoms with Crippen LogP contribution < -0.4 is 14.2 Å². The summed E-state index contributed by atoms with van der Waals surface area (Å²) in [5.74, 6) is 1.21. The van der Waals surface area contributed by atoms with E-state index in [1.807, 2.05) is 0 Å². The van der Waals surface area contributed by atoms with Crippen LogP contribution in [-0.2, 0) is 31.3 Å². The van der Waals surface area contributed by atoms with Gasteiger partial charge in [0.2, 0.25) is 25.8 Å². The number of methoxy groups -OCH3 is 3. The van der Waals surface area contributed by atoms with Crippen LogP contribution >= 0.6 is 0 Å². The Morgan fingerprint density at radius 1 is 0.821 bits per heavy atom. The minimum atomic E-state index is -4.02. The van der Waals surface area contributed by atoms with Crippen LogP contribution in [0.4, 0.5) is 0 Å². The van der Waals surface area contributed by atoms with Gasteiger partial charge in [0.25, 0.3) is 0 Å². The van der Waals surface area contributed by atoms with E-state index in [4.69, 9.17) is 18.9 Å². The molecule has 1 atom stereocenters. The molecule has 4 rings (SSSR count). The number of hydrogen-bond acceptors (Lipinski definition) is 8. The number of nitrogens with zero attached hydrogens (tertiary/aromatic N) is 2. The van der Waals surface area contributed by atoms with Crippen LogP contribution in [0.2, 0.25) is 0 Å². The van der Waals surface area contributed by atoms with Crippen molar-refractivity contribution >= 4 is 20.0 Å². The Hall–Kier alpha value is -2.38. The average Bonchev–Trinajstić information content (AvgIpc) is 3.30. The second kappa shape index (κ2) is 12.9. The molecule has 2 saturated heterocycles. The maximum Gasteiger partial charge on any atom is 0.243 e. The third-order valence-corrected chi connectivity index (χ3v) is 11.0. The lowest BCUT2D eigenvalue weighted by Gasteiger charge is -2.26. The molecular formula is C27H38N2O8S2. The first-order valence-corrected chi connectivity index (χ1v) is 16.1. The normalized spacial score (nSPS) is 19.1. The molecule has 0 N–H and O–H groups in total. The van der Waals surface area contributed by atoms with Gasteiger partial charge in [-0.3, -0.25) is 0 Å². The molecule has 0 unspecified atom stereocenters. The van der Waals surface area contributed by atoms with Gasteiger partial charge in [-0.2, -0.15) is 8.61 Å². The molecule has 2 heterocycles. The largest absolute Gasteiger partial charge is 0.493 e. The van der Waals surface area contributed by atoms with E-state index in [1.165, 1.54) is 54.2 Å². The molecule has 2 fully saturated rings. The third-order valence-electron chi connectivity index (χ3n) is 7.23. The number of ether oxygens (including phenoxy) is 4. The van der Waals surface area contributed by atoms with Gasteiger partial charge in [-0.25, -0.2) is 16.8 Å². The number of hydrogen-bond donors (Lipinski definition) is 0. The molecule has 39 heavy (non-hydrogen) atoms. The molecule has 10 nitrogen and oxygen atoms in total. The Kier molecular flexibility index (Phi) is 9.76. The van der Waals surface area contributed by atoms with Crippen molar-refractivity contribution in [2.75, 3.05) is 47.6 Å². The van der Waals surface area contributed by atoms with E-state index in [0.29, 0.717) is 42.5 Å². The van der Waals surface area contributed by atoms with E-state index in [2.05, 4.69) is 0 Å². The van der Waals surface area contributed by atoms with E-state index < -0.39 is 20.0 Å². The Bertz CT molecular complexity index is 1320. The molecule has 2 aromatic rings. The highest BCUT2D eigenvalue weighted by Crippen LogP contribution is 2.40. The topological polar surface area (TPSA) is 112 Å². The van der Waals surface area contributed by atoms with Crippen molar-refractivity contribution in [1.29, 1.82) is 0 Å². The Balaban J connectivity index is 1.65. The fourth-order valence-electron chi connectivity index (χ4n) is 5.10. The second-order valence-corrected chi connectivity index (χ2v) is 13.6. The Morgan fingerprint density at radius 2 is 1.46 bits per heavy atom. The molecule has 0 radical (unpaired) electrons. The maximum absolute atomic E-state index is 13.9. The number of sulfonamides is 2. The summed E-state index contributed by atoms with van der Waals surface area (Å²) in [5.41, 5.74) is 0.595. The van der Waals surface area contributed by atoms with E-state index in [0.717, 1.165) is 38.5 Å². The highest BCUT2D eigenvalue weighted by Gasteiger charge is 2.32. The van der Waals surface area contributed by atoms with Crippen LogP contribution in [0.25, 0.3) is 0 Å². The monoisotopic (exact) mass is 582 g/mol. The number of rotatable bonds is 11. The summed E-state index contributed by atoms with van der Waals surface area (Å²) in [6.07, 6.45) is 5.04. The van der Waals surface area contributed by atoms with Gasteiger partial charge in [0.15, 0.2) is 11.5 Å². The highest BCUT2D eigenvalue weighted by molar-refractivity contribution is 7.89. The SMILES string of the molecule is COc1ccc(CN(C[C@H]2CCCO2)S(=O)(=O)c2ccc(S(=O)(=O)N3CCCCCC3)cc2)c(OC)c1OC. The van der Waals surface area contributed by atoms with E-state index in [-0.39, 0.29) is 29.0 Å². The lowest BCUT2D eigenvalue weighted by atomic mass is 10.1. The predicted octanol–water partition coefficient (Wildman–Crippen LogP) is 3.65. The zero-order valence-electron chi connectivity index (χ0n) is 22.8. The van der Waals surface area contributed by atoms with Crippen LogP contribution in [0.1, 0.15) is 44.1 Å². The minimum Gasteiger partial charge on any atom is -0.493 e. The lowest BCUT2D eigenvalue weighted by Crippen LogP contribution is -2.37. The van der Waals surface area contributed by atoms with Crippen molar-refractivity contribution in [2.24, 2.45) is 0 Å². The summed E-state index contributed by atoms with van der Waals surface area (Å²) >= 11 is 0. The van der Waals surface area contributed by atoms with Crippen molar-refractivity contribution in [3.8, 4) is 17.2 Å². The van der Waals surface area contributed by atoms with Crippen molar-refractivity contribution in [3.05, 3.63) is 42.0 Å². The highest BCUT2D eigenvalue weighted by atomic mass is 32.2. The zero-order valence-corrected chi connectivity index (χ0v) is 24.4. The minimum absolute atomic E-state index is 0.000448. The van der Waals surface area contributed by atoms with Gasteiger partial charge in [-0.05, 0) is 56.0 Å². The predicted molar refractivity (Wildman–Crippen MR) is 146 cm³/mol. The summed E-state index contributed by atoms with van der Waals surface area (Å²) < 4.78 is 79.3. The fourth-order valence-corrected chi connectivity index (χ4v) is 8.07. The summed E-state index contributed by atoms with van der Waals surface area (Å²) in [6, 6.07) is 8.95. The third kappa shape index (κ3) is 6.51. The van der Waals surface area contributed by atoms with Gasteiger partial charge in [-0.15, -0.1) is 0 Å². The van der Waals surface area contributed by atoms with Crippen molar-refractivity contribution in [1.82, 2.24) is 8.61 Å². The first-order valence-electron chi connectivity index (χ1n) is 13.2.